The van der Waals surface area contributed by atoms with Crippen LogP contribution < -0.4 is 4.90 Å². The molecule has 1 unspecified atom stereocenters. The van der Waals surface area contributed by atoms with Gasteiger partial charge in [0.2, 0.25) is 5.95 Å². The van der Waals surface area contributed by atoms with Crippen LogP contribution in [0.15, 0.2) is 18.5 Å². The molecule has 2 rings (SSSR count). The van der Waals surface area contributed by atoms with Crippen molar-refractivity contribution in [1.29, 1.82) is 0 Å². The van der Waals surface area contributed by atoms with E-state index >= 15 is 0 Å². The van der Waals surface area contributed by atoms with Gasteiger partial charge in [-0.05, 0) is 13.0 Å². The third kappa shape index (κ3) is 1.82. The van der Waals surface area contributed by atoms with Gasteiger partial charge in [0, 0.05) is 20.3 Å². The van der Waals surface area contributed by atoms with Gasteiger partial charge < -0.3 is 14.6 Å². The first-order valence-electron chi connectivity index (χ1n) is 5.24. The third-order valence-corrected chi connectivity index (χ3v) is 2.91. The van der Waals surface area contributed by atoms with Crippen molar-refractivity contribution in [3.8, 4) is 0 Å². The molecule has 2 aromatic heterocycles. The Morgan fingerprint density at radius 1 is 1.59 bits per heavy atom. The van der Waals surface area contributed by atoms with Crippen molar-refractivity contribution < 1.29 is 9.90 Å². The van der Waals surface area contributed by atoms with Crippen LogP contribution in [0.25, 0.3) is 11.0 Å². The fourth-order valence-corrected chi connectivity index (χ4v) is 1.68. The van der Waals surface area contributed by atoms with E-state index in [9.17, 15) is 4.79 Å². The molecule has 2 heterocycles. The highest BCUT2D eigenvalue weighted by atomic mass is 16.4. The van der Waals surface area contributed by atoms with Gasteiger partial charge >= 0.3 is 5.97 Å². The Hall–Kier alpha value is -2.11. The maximum atomic E-state index is 10.9. The van der Waals surface area contributed by atoms with Crippen molar-refractivity contribution in [3.63, 3.8) is 0 Å². The van der Waals surface area contributed by atoms with Crippen LogP contribution in [-0.4, -0.2) is 38.7 Å². The summed E-state index contributed by atoms with van der Waals surface area (Å²) in [5.41, 5.74) is 1.69. The van der Waals surface area contributed by atoms with Gasteiger partial charge in [-0.15, -0.1) is 0 Å². The van der Waals surface area contributed by atoms with E-state index in [-0.39, 0.29) is 0 Å². The maximum absolute atomic E-state index is 10.9. The van der Waals surface area contributed by atoms with E-state index in [1.54, 1.807) is 37.3 Å². The molecule has 0 bridgehead atoms. The van der Waals surface area contributed by atoms with Gasteiger partial charge in [0.15, 0.2) is 0 Å². The molecule has 6 nitrogen and oxygen atoms in total. The summed E-state index contributed by atoms with van der Waals surface area (Å²) in [4.78, 5) is 21.0. The molecule has 0 fully saturated rings. The first-order chi connectivity index (χ1) is 8.02. The molecule has 0 aliphatic carbocycles. The Bertz CT molecular complexity index is 564. The minimum Gasteiger partial charge on any atom is -0.480 e. The standard InChI is InChI=1S/C11H14N4O2/c1-7(10(16)17)14(2)11-13-8-4-5-12-6-9(8)15(11)3/h4-7H,1-3H3,(H,16,17). The molecule has 1 N–H and O–H groups in total. The first kappa shape index (κ1) is 11.4. The maximum Gasteiger partial charge on any atom is 0.326 e. The molecule has 0 radical (unpaired) electrons. The third-order valence-electron chi connectivity index (χ3n) is 2.91. The van der Waals surface area contributed by atoms with Gasteiger partial charge in [-0.25, -0.2) is 9.78 Å². The second kappa shape index (κ2) is 4.04. The smallest absolute Gasteiger partial charge is 0.326 e. The Labute approximate surface area is 98.5 Å². The summed E-state index contributed by atoms with van der Waals surface area (Å²) in [6.45, 7) is 1.62. The summed E-state index contributed by atoms with van der Waals surface area (Å²) in [7, 11) is 3.56. The number of nitrogens with zero attached hydrogens (tertiary/aromatic N) is 4. The number of hydrogen-bond acceptors (Lipinski definition) is 4. The number of anilines is 1. The Morgan fingerprint density at radius 3 is 2.88 bits per heavy atom. The van der Waals surface area contributed by atoms with Crippen LogP contribution in [0, 0.1) is 0 Å². The fraction of sp³-hybridized carbons (Fsp3) is 0.364. The van der Waals surface area contributed by atoms with Crippen LogP contribution in [0.2, 0.25) is 0 Å². The highest BCUT2D eigenvalue weighted by molar-refractivity contribution is 5.80. The molecule has 0 saturated carbocycles. The summed E-state index contributed by atoms with van der Waals surface area (Å²) in [6, 6.07) is 1.18. The number of imidazole rings is 1. The van der Waals surface area contributed by atoms with Crippen molar-refractivity contribution in [2.75, 3.05) is 11.9 Å². The summed E-state index contributed by atoms with van der Waals surface area (Å²) in [6.07, 6.45) is 3.38. The topological polar surface area (TPSA) is 71.2 Å². The number of aryl methyl sites for hydroxylation is 1. The lowest BCUT2D eigenvalue weighted by atomic mass is 10.3. The average molecular weight is 234 g/mol. The van der Waals surface area contributed by atoms with Crippen LogP contribution in [0.4, 0.5) is 5.95 Å². The van der Waals surface area contributed by atoms with E-state index in [1.165, 1.54) is 0 Å². The van der Waals surface area contributed by atoms with Crippen molar-refractivity contribution >= 4 is 23.0 Å². The van der Waals surface area contributed by atoms with Crippen LogP contribution in [-0.2, 0) is 11.8 Å². The summed E-state index contributed by atoms with van der Waals surface area (Å²) in [5, 5.41) is 8.99. The highest BCUT2D eigenvalue weighted by Gasteiger charge is 2.21. The molecule has 0 aromatic carbocycles. The van der Waals surface area contributed by atoms with E-state index < -0.39 is 12.0 Å². The number of carboxylic acid groups (broad SMARTS) is 1. The second-order valence-electron chi connectivity index (χ2n) is 3.96. The van der Waals surface area contributed by atoms with E-state index in [0.29, 0.717) is 5.95 Å². The lowest BCUT2D eigenvalue weighted by Crippen LogP contribution is -2.37. The Morgan fingerprint density at radius 2 is 2.29 bits per heavy atom. The minimum atomic E-state index is -0.877. The van der Waals surface area contributed by atoms with Gasteiger partial charge in [-0.1, -0.05) is 0 Å². The number of rotatable bonds is 3. The normalized spacial score (nSPS) is 12.6. The molecule has 90 valence electrons. The number of pyridine rings is 1. The predicted molar refractivity (Wildman–Crippen MR) is 64.0 cm³/mol. The fourth-order valence-electron chi connectivity index (χ4n) is 1.68. The summed E-state index contributed by atoms with van der Waals surface area (Å²) in [5.74, 6) is -0.263. The number of aromatic nitrogens is 3. The zero-order chi connectivity index (χ0) is 12.6. The Kier molecular flexibility index (Phi) is 2.71. The van der Waals surface area contributed by atoms with Crippen LogP contribution in [0.1, 0.15) is 6.92 Å². The van der Waals surface area contributed by atoms with E-state index in [0.717, 1.165) is 11.0 Å². The largest absolute Gasteiger partial charge is 0.480 e. The Balaban J connectivity index is 2.49. The molecular weight excluding hydrogens is 220 g/mol. The van der Waals surface area contributed by atoms with Crippen molar-refractivity contribution in [2.45, 2.75) is 13.0 Å². The van der Waals surface area contributed by atoms with Gasteiger partial charge in [-0.2, -0.15) is 0 Å². The van der Waals surface area contributed by atoms with Crippen molar-refractivity contribution in [2.24, 2.45) is 7.05 Å². The number of carboxylic acids is 1. The quantitative estimate of drug-likeness (QED) is 0.853. The van der Waals surface area contributed by atoms with Crippen molar-refractivity contribution in [1.82, 2.24) is 14.5 Å². The lowest BCUT2D eigenvalue weighted by Gasteiger charge is -2.22. The van der Waals surface area contributed by atoms with Crippen LogP contribution >= 0.6 is 0 Å². The molecule has 1 atom stereocenters. The zero-order valence-electron chi connectivity index (χ0n) is 9.95. The predicted octanol–water partition coefficient (Wildman–Crippen LogP) is 0.878. The highest BCUT2D eigenvalue weighted by Crippen LogP contribution is 2.20. The van der Waals surface area contributed by atoms with E-state index in [4.69, 9.17) is 5.11 Å². The number of hydrogen-bond donors (Lipinski definition) is 1. The molecule has 6 heteroatoms. The number of likely N-dealkylation sites (N-methyl/N-ethyl adjacent to an activating group) is 1. The number of fused-ring (bicyclic) bond motifs is 1. The second-order valence-corrected chi connectivity index (χ2v) is 3.96. The molecule has 0 aliphatic heterocycles. The molecule has 0 amide bonds. The SMILES string of the molecule is CC(C(=O)O)N(C)c1nc2ccncc2n1C. The van der Waals surface area contributed by atoms with Crippen molar-refractivity contribution in [3.05, 3.63) is 18.5 Å². The molecule has 0 spiro atoms. The van der Waals surface area contributed by atoms with Gasteiger partial charge in [0.25, 0.3) is 0 Å². The summed E-state index contributed by atoms with van der Waals surface area (Å²) < 4.78 is 1.84. The van der Waals surface area contributed by atoms with E-state index in [1.807, 2.05) is 11.6 Å². The zero-order valence-corrected chi connectivity index (χ0v) is 9.95. The average Bonchev–Trinajstić information content (AvgIpc) is 2.65. The molecule has 2 aromatic rings. The lowest BCUT2D eigenvalue weighted by molar-refractivity contribution is -0.138. The molecule has 17 heavy (non-hydrogen) atoms. The van der Waals surface area contributed by atoms with E-state index in [2.05, 4.69) is 9.97 Å². The van der Waals surface area contributed by atoms with Crippen LogP contribution in [0.5, 0.6) is 0 Å². The molecule has 0 saturated heterocycles. The summed E-state index contributed by atoms with van der Waals surface area (Å²) >= 11 is 0. The van der Waals surface area contributed by atoms with Gasteiger partial charge in [0.05, 0.1) is 17.2 Å². The number of carbonyl (C=O) groups is 1. The molecular formula is C11H14N4O2. The monoisotopic (exact) mass is 234 g/mol. The number of aliphatic carboxylic acids is 1. The first-order valence-corrected chi connectivity index (χ1v) is 5.24. The molecule has 0 aliphatic rings. The minimum absolute atomic E-state index is 0.614. The van der Waals surface area contributed by atoms with Crippen LogP contribution in [0.3, 0.4) is 0 Å². The van der Waals surface area contributed by atoms with Gasteiger partial charge in [-0.3, -0.25) is 4.98 Å². The van der Waals surface area contributed by atoms with Gasteiger partial charge in [0.1, 0.15) is 6.04 Å².